The summed E-state index contributed by atoms with van der Waals surface area (Å²) in [5.41, 5.74) is 1.44. The molecule has 0 saturated heterocycles. The average Bonchev–Trinajstić information content (AvgIpc) is 3.29. The number of furan rings is 1. The maximum atomic E-state index is 13.8. The molecule has 7 nitrogen and oxygen atoms in total. The molecule has 30 heavy (non-hydrogen) atoms. The number of hydrogen-bond acceptors (Lipinski definition) is 5. The molecule has 1 amide bonds. The summed E-state index contributed by atoms with van der Waals surface area (Å²) in [7, 11) is 0. The van der Waals surface area contributed by atoms with Crippen LogP contribution in [0.15, 0.2) is 41.0 Å². The minimum absolute atomic E-state index is 0.133. The van der Waals surface area contributed by atoms with Crippen LogP contribution in [0.2, 0.25) is 5.02 Å². The average molecular weight is 430 g/mol. The van der Waals surface area contributed by atoms with Crippen molar-refractivity contribution in [3.63, 3.8) is 0 Å². The molecule has 2 heterocycles. The summed E-state index contributed by atoms with van der Waals surface area (Å²) in [5, 5.41) is 12.3. The standard InChI is InChI=1S/C21H17ClFN3O4/c1-12-13(2)26(10-15-4-3-7-29-15)20(17(12)9-24)25-19(27)11-30-21(28)16-6-5-14(22)8-18(16)23/h3-8H,10-11H2,1-2H3,(H,25,27). The molecular formula is C21H17ClFN3O4. The summed E-state index contributed by atoms with van der Waals surface area (Å²) in [6.45, 7) is 3.23. The van der Waals surface area contributed by atoms with Crippen molar-refractivity contribution in [2.75, 3.05) is 11.9 Å². The van der Waals surface area contributed by atoms with Gasteiger partial charge >= 0.3 is 5.97 Å². The Hall–Kier alpha value is -3.57. The maximum absolute atomic E-state index is 13.8. The van der Waals surface area contributed by atoms with Crippen molar-refractivity contribution in [1.82, 2.24) is 4.57 Å². The first-order valence-electron chi connectivity index (χ1n) is 8.86. The van der Waals surface area contributed by atoms with Crippen LogP contribution in [0.4, 0.5) is 10.2 Å². The van der Waals surface area contributed by atoms with Gasteiger partial charge in [0, 0.05) is 10.7 Å². The molecule has 2 aromatic heterocycles. The zero-order chi connectivity index (χ0) is 21.8. The fourth-order valence-electron chi connectivity index (χ4n) is 2.92. The number of nitriles is 1. The number of esters is 1. The van der Waals surface area contributed by atoms with E-state index in [-0.39, 0.29) is 16.4 Å². The molecule has 3 rings (SSSR count). The van der Waals surface area contributed by atoms with Crippen molar-refractivity contribution in [2.45, 2.75) is 20.4 Å². The lowest BCUT2D eigenvalue weighted by atomic mass is 10.2. The Kier molecular flexibility index (Phi) is 6.23. The monoisotopic (exact) mass is 429 g/mol. The highest BCUT2D eigenvalue weighted by molar-refractivity contribution is 6.30. The van der Waals surface area contributed by atoms with Crippen LogP contribution in [0.1, 0.15) is 32.9 Å². The van der Waals surface area contributed by atoms with Gasteiger partial charge in [-0.15, -0.1) is 0 Å². The second-order valence-corrected chi connectivity index (χ2v) is 6.90. The van der Waals surface area contributed by atoms with Crippen LogP contribution in [-0.2, 0) is 16.1 Å². The second-order valence-electron chi connectivity index (χ2n) is 6.46. The van der Waals surface area contributed by atoms with Crippen molar-refractivity contribution in [3.05, 3.63) is 75.6 Å². The number of halogens is 2. The molecule has 0 atom stereocenters. The number of hydrogen-bond donors (Lipinski definition) is 1. The van der Waals surface area contributed by atoms with E-state index in [0.29, 0.717) is 23.4 Å². The first-order valence-corrected chi connectivity index (χ1v) is 9.23. The second kappa shape index (κ2) is 8.84. The Balaban J connectivity index is 1.75. The maximum Gasteiger partial charge on any atom is 0.341 e. The number of amides is 1. The largest absolute Gasteiger partial charge is 0.467 e. The Morgan fingerprint density at radius 3 is 2.73 bits per heavy atom. The number of carbonyl (C=O) groups is 2. The van der Waals surface area contributed by atoms with E-state index in [4.69, 9.17) is 20.8 Å². The predicted octanol–water partition coefficient (Wildman–Crippen LogP) is 4.21. The summed E-state index contributed by atoms with van der Waals surface area (Å²) in [6, 6.07) is 9.08. The number of benzene rings is 1. The Labute approximate surface area is 176 Å². The highest BCUT2D eigenvalue weighted by Crippen LogP contribution is 2.27. The van der Waals surface area contributed by atoms with Gasteiger partial charge in [0.1, 0.15) is 23.5 Å². The lowest BCUT2D eigenvalue weighted by Crippen LogP contribution is -2.23. The SMILES string of the molecule is Cc1c(C#N)c(NC(=O)COC(=O)c2ccc(Cl)cc2F)n(Cc2ccco2)c1C. The van der Waals surface area contributed by atoms with Crippen molar-refractivity contribution in [2.24, 2.45) is 0 Å². The van der Waals surface area contributed by atoms with Crippen molar-refractivity contribution in [3.8, 4) is 6.07 Å². The molecular weight excluding hydrogens is 413 g/mol. The van der Waals surface area contributed by atoms with Crippen molar-refractivity contribution < 1.29 is 23.1 Å². The van der Waals surface area contributed by atoms with Gasteiger partial charge < -0.3 is 19.0 Å². The van der Waals surface area contributed by atoms with Gasteiger partial charge in [-0.2, -0.15) is 5.26 Å². The Morgan fingerprint density at radius 1 is 1.33 bits per heavy atom. The van der Waals surface area contributed by atoms with E-state index >= 15 is 0 Å². The fraction of sp³-hybridized carbons (Fsp3) is 0.190. The quantitative estimate of drug-likeness (QED) is 0.592. The van der Waals surface area contributed by atoms with Crippen LogP contribution in [0, 0.1) is 31.0 Å². The number of carbonyl (C=O) groups excluding carboxylic acids is 2. The molecule has 9 heteroatoms. The molecule has 0 aliphatic carbocycles. The summed E-state index contributed by atoms with van der Waals surface area (Å²) in [6.07, 6.45) is 1.53. The molecule has 0 unspecified atom stereocenters. The third-order valence-electron chi connectivity index (χ3n) is 4.58. The van der Waals surface area contributed by atoms with Crippen LogP contribution >= 0.6 is 11.6 Å². The normalized spacial score (nSPS) is 10.5. The molecule has 0 aliphatic rings. The van der Waals surface area contributed by atoms with Gasteiger partial charge in [-0.1, -0.05) is 11.6 Å². The number of ether oxygens (including phenoxy) is 1. The molecule has 3 aromatic rings. The van der Waals surface area contributed by atoms with Crippen LogP contribution in [-0.4, -0.2) is 23.1 Å². The van der Waals surface area contributed by atoms with E-state index in [1.54, 1.807) is 23.6 Å². The van der Waals surface area contributed by atoms with Gasteiger partial charge in [0.05, 0.1) is 23.9 Å². The minimum Gasteiger partial charge on any atom is -0.467 e. The van der Waals surface area contributed by atoms with Crippen LogP contribution < -0.4 is 5.32 Å². The third-order valence-corrected chi connectivity index (χ3v) is 4.81. The molecule has 0 radical (unpaired) electrons. The molecule has 154 valence electrons. The first kappa shape index (κ1) is 21.1. The van der Waals surface area contributed by atoms with E-state index in [9.17, 15) is 19.2 Å². The first-order chi connectivity index (χ1) is 14.3. The molecule has 0 saturated carbocycles. The Bertz CT molecular complexity index is 1150. The predicted molar refractivity (Wildman–Crippen MR) is 107 cm³/mol. The summed E-state index contributed by atoms with van der Waals surface area (Å²) < 4.78 is 25.8. The van der Waals surface area contributed by atoms with E-state index in [0.717, 1.165) is 11.8 Å². The van der Waals surface area contributed by atoms with Gasteiger partial charge in [-0.05, 0) is 49.7 Å². The topological polar surface area (TPSA) is 97.3 Å². The zero-order valence-electron chi connectivity index (χ0n) is 16.2. The van der Waals surface area contributed by atoms with E-state index in [2.05, 4.69) is 11.4 Å². The van der Waals surface area contributed by atoms with Crippen molar-refractivity contribution in [1.29, 1.82) is 5.26 Å². The third kappa shape index (κ3) is 4.36. The van der Waals surface area contributed by atoms with Crippen LogP contribution in [0.5, 0.6) is 0 Å². The minimum atomic E-state index is -1.00. The summed E-state index contributed by atoms with van der Waals surface area (Å²) >= 11 is 5.66. The highest BCUT2D eigenvalue weighted by atomic mass is 35.5. The van der Waals surface area contributed by atoms with E-state index in [1.807, 2.05) is 6.92 Å². The zero-order valence-corrected chi connectivity index (χ0v) is 16.9. The van der Waals surface area contributed by atoms with E-state index < -0.39 is 24.3 Å². The van der Waals surface area contributed by atoms with Gasteiger partial charge in [0.15, 0.2) is 6.61 Å². The summed E-state index contributed by atoms with van der Waals surface area (Å²) in [4.78, 5) is 24.4. The van der Waals surface area contributed by atoms with Crippen LogP contribution in [0.25, 0.3) is 0 Å². The number of anilines is 1. The summed E-state index contributed by atoms with van der Waals surface area (Å²) in [5.74, 6) is -1.62. The number of nitrogens with one attached hydrogen (secondary N) is 1. The number of aromatic nitrogens is 1. The van der Waals surface area contributed by atoms with E-state index in [1.165, 1.54) is 18.4 Å². The van der Waals surface area contributed by atoms with Crippen molar-refractivity contribution >= 4 is 29.3 Å². The molecule has 0 bridgehead atoms. The Morgan fingerprint density at radius 2 is 2.10 bits per heavy atom. The lowest BCUT2D eigenvalue weighted by molar-refractivity contribution is -0.119. The molecule has 0 spiro atoms. The molecule has 1 aromatic carbocycles. The smallest absolute Gasteiger partial charge is 0.341 e. The van der Waals surface area contributed by atoms with Gasteiger partial charge in [0.25, 0.3) is 5.91 Å². The lowest BCUT2D eigenvalue weighted by Gasteiger charge is -2.12. The number of rotatable bonds is 6. The molecule has 0 aliphatic heterocycles. The van der Waals surface area contributed by atoms with Gasteiger partial charge in [-0.3, -0.25) is 4.79 Å². The van der Waals surface area contributed by atoms with Gasteiger partial charge in [0.2, 0.25) is 0 Å². The molecule has 0 fully saturated rings. The van der Waals surface area contributed by atoms with Gasteiger partial charge in [-0.25, -0.2) is 9.18 Å². The van der Waals surface area contributed by atoms with Crippen LogP contribution in [0.3, 0.4) is 0 Å². The highest BCUT2D eigenvalue weighted by Gasteiger charge is 2.21. The fourth-order valence-corrected chi connectivity index (χ4v) is 3.08. The number of nitrogens with zero attached hydrogens (tertiary/aromatic N) is 2. The molecule has 1 N–H and O–H groups in total.